The van der Waals surface area contributed by atoms with E-state index in [1.807, 2.05) is 0 Å². The molecule has 0 bridgehead atoms. The monoisotopic (exact) mass is 261 g/mol. The molecule has 0 unspecified atom stereocenters. The van der Waals surface area contributed by atoms with Crippen LogP contribution in [0.25, 0.3) is 0 Å². The Bertz CT molecular complexity index is 666. The molecule has 0 aliphatic carbocycles. The predicted molar refractivity (Wildman–Crippen MR) is 60.8 cm³/mol. The Labute approximate surface area is 105 Å². The number of hydrogen-bond donors (Lipinski definition) is 0. The van der Waals surface area contributed by atoms with E-state index in [1.54, 1.807) is 0 Å². The Hall–Kier alpha value is -3.04. The molecular weight excluding hydrogens is 254 g/mol. The van der Waals surface area contributed by atoms with Gasteiger partial charge in [-0.05, 0) is 16.4 Å². The number of fused-ring (bicyclic) bond motifs is 1. The fourth-order valence-electron chi connectivity index (χ4n) is 1.74. The first-order valence-electron chi connectivity index (χ1n) is 5.25. The van der Waals surface area contributed by atoms with Gasteiger partial charge in [-0.15, -0.1) is 9.96 Å². The molecule has 0 spiro atoms. The zero-order chi connectivity index (χ0) is 13.4. The molecule has 0 saturated carbocycles. The van der Waals surface area contributed by atoms with Gasteiger partial charge in [-0.3, -0.25) is 10.1 Å². The maximum Gasteiger partial charge on any atom is 0.273 e. The molecule has 1 aliphatic heterocycles. The van der Waals surface area contributed by atoms with E-state index in [9.17, 15) is 15.3 Å². The van der Waals surface area contributed by atoms with Gasteiger partial charge in [-0.1, -0.05) is 4.79 Å². The van der Waals surface area contributed by atoms with Crippen molar-refractivity contribution >= 4 is 11.4 Å². The molecule has 2 heterocycles. The molecule has 19 heavy (non-hydrogen) atoms. The fourth-order valence-corrected chi connectivity index (χ4v) is 1.74. The van der Waals surface area contributed by atoms with Gasteiger partial charge < -0.3 is 5.21 Å². The second-order valence-electron chi connectivity index (χ2n) is 3.79. The van der Waals surface area contributed by atoms with Crippen LogP contribution in [0.15, 0.2) is 35.8 Å². The minimum atomic E-state index is -0.558. The molecule has 0 radical (unpaired) electrons. The van der Waals surface area contributed by atoms with E-state index >= 15 is 0 Å². The van der Waals surface area contributed by atoms with Crippen molar-refractivity contribution in [3.63, 3.8) is 0 Å². The first-order valence-corrected chi connectivity index (χ1v) is 5.25. The predicted octanol–water partition coefficient (Wildman–Crippen LogP) is 0.847. The van der Waals surface area contributed by atoms with Gasteiger partial charge in [0.2, 0.25) is 0 Å². The molecule has 0 amide bonds. The van der Waals surface area contributed by atoms with Crippen LogP contribution in [0.1, 0.15) is 5.56 Å². The number of non-ortho nitro benzene ring substituents is 1. The minimum absolute atomic E-state index is 0.149. The number of nitrogens with zero attached hydrogens (tertiary/aromatic N) is 7. The Balaban J connectivity index is 2.01. The van der Waals surface area contributed by atoms with Crippen molar-refractivity contribution in [3.05, 3.63) is 51.5 Å². The van der Waals surface area contributed by atoms with Gasteiger partial charge in [-0.25, -0.2) is 0 Å². The lowest BCUT2D eigenvalue weighted by Crippen LogP contribution is -2.33. The number of nitro benzene ring substituents is 1. The van der Waals surface area contributed by atoms with E-state index in [1.165, 1.54) is 40.5 Å². The average molecular weight is 261 g/mol. The molecule has 0 N–H and O–H groups in total. The highest BCUT2D eigenvalue weighted by Gasteiger charge is 2.26. The molecule has 96 valence electrons. The van der Waals surface area contributed by atoms with E-state index in [0.717, 1.165) is 0 Å². The molecule has 10 heteroatoms. The van der Waals surface area contributed by atoms with Gasteiger partial charge in [0.15, 0.2) is 12.2 Å². The van der Waals surface area contributed by atoms with Crippen molar-refractivity contribution in [2.75, 3.05) is 5.12 Å². The second kappa shape index (κ2) is 4.01. The van der Waals surface area contributed by atoms with Gasteiger partial charge in [0.25, 0.3) is 5.69 Å². The summed E-state index contributed by atoms with van der Waals surface area (Å²) in [5, 5.41) is 34.8. The highest BCUT2D eigenvalue weighted by Crippen LogP contribution is 2.28. The third kappa shape index (κ3) is 1.84. The first-order chi connectivity index (χ1) is 9.15. The number of aromatic nitrogens is 3. The van der Waals surface area contributed by atoms with Crippen LogP contribution in [0.3, 0.4) is 0 Å². The van der Waals surface area contributed by atoms with Gasteiger partial charge in [0, 0.05) is 11.6 Å². The van der Waals surface area contributed by atoms with Crippen LogP contribution >= 0.6 is 0 Å². The van der Waals surface area contributed by atoms with Gasteiger partial charge >= 0.3 is 0 Å². The normalized spacial score (nSPS) is 13.9. The number of benzene rings is 1. The summed E-state index contributed by atoms with van der Waals surface area (Å²) in [7, 11) is 0. The molecule has 0 fully saturated rings. The van der Waals surface area contributed by atoms with Crippen LogP contribution in [0, 0.1) is 15.3 Å². The zero-order valence-electron chi connectivity index (χ0n) is 9.45. The number of rotatable bonds is 2. The highest BCUT2D eigenvalue weighted by molar-refractivity contribution is 5.49. The van der Waals surface area contributed by atoms with Gasteiger partial charge in [-0.2, -0.15) is 0 Å². The van der Waals surface area contributed by atoms with Crippen LogP contribution in [-0.4, -0.2) is 24.9 Å². The minimum Gasteiger partial charge on any atom is -0.691 e. The van der Waals surface area contributed by atoms with Crippen molar-refractivity contribution < 1.29 is 9.78 Å². The average Bonchev–Trinajstić information content (AvgIpc) is 2.92. The quantitative estimate of drug-likeness (QED) is 0.342. The van der Waals surface area contributed by atoms with Crippen molar-refractivity contribution in [2.45, 2.75) is 6.54 Å². The largest absolute Gasteiger partial charge is 0.691 e. The smallest absolute Gasteiger partial charge is 0.273 e. The Kier molecular flexibility index (Phi) is 2.34. The van der Waals surface area contributed by atoms with Crippen LogP contribution < -0.4 is 5.12 Å². The van der Waals surface area contributed by atoms with Crippen molar-refractivity contribution in [3.8, 4) is 0 Å². The van der Waals surface area contributed by atoms with E-state index in [2.05, 4.69) is 15.5 Å². The first kappa shape index (κ1) is 11.1. The van der Waals surface area contributed by atoms with E-state index in [0.29, 0.717) is 10.4 Å². The third-order valence-corrected chi connectivity index (χ3v) is 2.63. The Morgan fingerprint density at radius 2 is 2.26 bits per heavy atom. The van der Waals surface area contributed by atoms with Crippen LogP contribution in [0.5, 0.6) is 0 Å². The Morgan fingerprint density at radius 3 is 2.95 bits per heavy atom. The van der Waals surface area contributed by atoms with E-state index in [4.69, 9.17) is 0 Å². The molecule has 0 atom stereocenters. The van der Waals surface area contributed by atoms with Gasteiger partial charge in [0.1, 0.15) is 5.22 Å². The van der Waals surface area contributed by atoms with E-state index < -0.39 is 4.92 Å². The molecule has 1 aliphatic rings. The summed E-state index contributed by atoms with van der Waals surface area (Å²) in [4.78, 5) is 11.7. The van der Waals surface area contributed by atoms with Gasteiger partial charge in [0.05, 0.1) is 23.4 Å². The molecule has 1 aromatic heterocycles. The van der Waals surface area contributed by atoms with Crippen LogP contribution in [0.4, 0.5) is 11.4 Å². The summed E-state index contributed by atoms with van der Waals surface area (Å²) in [5.41, 5.74) is 0.626. The molecule has 2 aromatic rings. The maximum absolute atomic E-state index is 11.8. The third-order valence-electron chi connectivity index (χ3n) is 2.63. The molecule has 10 nitrogen and oxygen atoms in total. The van der Waals surface area contributed by atoms with Crippen molar-refractivity contribution in [2.24, 2.45) is 5.22 Å². The zero-order valence-corrected chi connectivity index (χ0v) is 9.45. The fraction of sp³-hybridized carbons (Fsp3) is 0.111. The molecule has 0 saturated heterocycles. The van der Waals surface area contributed by atoms with Crippen molar-refractivity contribution in [1.29, 1.82) is 0 Å². The lowest BCUT2D eigenvalue weighted by atomic mass is 10.1. The Morgan fingerprint density at radius 1 is 1.42 bits per heavy atom. The number of hydrogen-bond acceptors (Lipinski definition) is 7. The SMILES string of the molecule is O=[N+]([O-])c1ccc2c(c1)[N+]([O-])=NN(n1ccnn1)C2. The van der Waals surface area contributed by atoms with Crippen LogP contribution in [-0.2, 0) is 6.54 Å². The lowest BCUT2D eigenvalue weighted by Gasteiger charge is -2.19. The molecule has 1 aromatic carbocycles. The standard InChI is InChI=1S/C9H7N7O3/c17-15-9-5-8(16(18)19)2-1-7(9)6-14(12-15)13-4-3-10-11-13/h1-5H,6H2. The summed E-state index contributed by atoms with van der Waals surface area (Å²) < 4.78 is 0. The summed E-state index contributed by atoms with van der Waals surface area (Å²) in [6, 6.07) is 4.07. The summed E-state index contributed by atoms with van der Waals surface area (Å²) in [6.45, 7) is 0.273. The second-order valence-corrected chi connectivity index (χ2v) is 3.79. The molecular formula is C9H7N7O3. The number of nitro groups is 1. The topological polar surface area (TPSA) is 116 Å². The van der Waals surface area contributed by atoms with E-state index in [-0.39, 0.29) is 17.9 Å². The molecule has 3 rings (SSSR count). The summed E-state index contributed by atoms with van der Waals surface area (Å²) >= 11 is 0. The summed E-state index contributed by atoms with van der Waals surface area (Å²) in [5.74, 6) is 0. The summed E-state index contributed by atoms with van der Waals surface area (Å²) in [6.07, 6.45) is 2.99. The lowest BCUT2D eigenvalue weighted by molar-refractivity contribution is -0.451. The maximum atomic E-state index is 11.8. The van der Waals surface area contributed by atoms with Crippen LogP contribution in [0.2, 0.25) is 0 Å². The highest BCUT2D eigenvalue weighted by atomic mass is 16.6. The van der Waals surface area contributed by atoms with Crippen molar-refractivity contribution in [1.82, 2.24) is 15.1 Å².